The summed E-state index contributed by atoms with van der Waals surface area (Å²) in [6.07, 6.45) is 0.817. The van der Waals surface area contributed by atoms with Crippen LogP contribution in [-0.2, 0) is 11.3 Å². The van der Waals surface area contributed by atoms with Gasteiger partial charge in [-0.3, -0.25) is 19.5 Å². The quantitative estimate of drug-likeness (QED) is 0.404. The van der Waals surface area contributed by atoms with E-state index in [1.807, 2.05) is 22.9 Å². The molecule has 7 nitrogen and oxygen atoms in total. The van der Waals surface area contributed by atoms with Crippen molar-refractivity contribution in [2.75, 3.05) is 7.05 Å². The Morgan fingerprint density at radius 1 is 1.27 bits per heavy atom. The number of thiophene rings is 2. The fourth-order valence-corrected chi connectivity index (χ4v) is 5.52. The molecule has 3 rings (SSSR count). The van der Waals surface area contributed by atoms with Gasteiger partial charge in [0.1, 0.15) is 4.83 Å². The topological polar surface area (TPSA) is 93.1 Å². The number of rotatable bonds is 7. The van der Waals surface area contributed by atoms with Crippen LogP contribution < -0.4 is 16.2 Å². The summed E-state index contributed by atoms with van der Waals surface area (Å²) in [4.78, 5) is 43.6. The Kier molecular flexibility index (Phi) is 7.32. The molecule has 0 aliphatic rings. The Hall–Kier alpha value is -2.17. The zero-order valence-corrected chi connectivity index (χ0v) is 19.7. The maximum atomic E-state index is 13.5. The van der Waals surface area contributed by atoms with Gasteiger partial charge in [0.15, 0.2) is 5.16 Å². The normalized spacial score (nSPS) is 12.3. The zero-order chi connectivity index (χ0) is 21.8. The average Bonchev–Trinajstić information content (AvgIpc) is 3.36. The van der Waals surface area contributed by atoms with Gasteiger partial charge in [0.2, 0.25) is 5.91 Å². The van der Waals surface area contributed by atoms with Gasteiger partial charge in [0.25, 0.3) is 5.56 Å². The van der Waals surface area contributed by atoms with Gasteiger partial charge in [-0.1, -0.05) is 31.7 Å². The van der Waals surface area contributed by atoms with Crippen molar-refractivity contribution in [3.63, 3.8) is 0 Å². The van der Waals surface area contributed by atoms with Crippen molar-refractivity contribution in [3.05, 3.63) is 33.2 Å². The molecule has 2 N–H and O–H groups in total. The highest BCUT2D eigenvalue weighted by atomic mass is 32.2. The molecule has 10 heteroatoms. The number of carbonyl (C=O) groups excluding carboxylic acids is 2. The molecule has 0 saturated heterocycles. The van der Waals surface area contributed by atoms with Gasteiger partial charge in [-0.2, -0.15) is 0 Å². The van der Waals surface area contributed by atoms with Crippen molar-refractivity contribution < 1.29 is 9.59 Å². The molecule has 0 aromatic carbocycles. The Labute approximate surface area is 186 Å². The second-order valence-corrected chi connectivity index (χ2v) is 10.3. The predicted octanol–water partition coefficient (Wildman–Crippen LogP) is 4.17. The molecule has 0 bridgehead atoms. The van der Waals surface area contributed by atoms with Crippen LogP contribution in [0.15, 0.2) is 32.8 Å². The molecule has 3 aromatic rings. The first-order valence-electron chi connectivity index (χ1n) is 9.57. The number of nitrogens with zero attached hydrogens (tertiary/aromatic N) is 2. The molecule has 0 saturated carbocycles. The number of thioether (sulfide) groups is 1. The van der Waals surface area contributed by atoms with Crippen LogP contribution >= 0.6 is 34.4 Å². The van der Waals surface area contributed by atoms with Crippen LogP contribution in [0.2, 0.25) is 0 Å². The first-order chi connectivity index (χ1) is 14.3. The van der Waals surface area contributed by atoms with Gasteiger partial charge in [0.05, 0.1) is 10.6 Å². The molecule has 0 aliphatic heterocycles. The number of imide groups is 1. The first kappa shape index (κ1) is 22.5. The monoisotopic (exact) mass is 464 g/mol. The van der Waals surface area contributed by atoms with E-state index >= 15 is 0 Å². The number of aromatic nitrogens is 2. The number of fused-ring (bicyclic) bond motifs is 1. The highest BCUT2D eigenvalue weighted by Crippen LogP contribution is 2.35. The van der Waals surface area contributed by atoms with Crippen LogP contribution in [0.25, 0.3) is 20.7 Å². The third-order valence-electron chi connectivity index (χ3n) is 4.49. The third kappa shape index (κ3) is 4.93. The maximum Gasteiger partial charge on any atom is 0.321 e. The molecular weight excluding hydrogens is 440 g/mol. The predicted molar refractivity (Wildman–Crippen MR) is 125 cm³/mol. The van der Waals surface area contributed by atoms with Crippen molar-refractivity contribution in [1.82, 2.24) is 20.2 Å². The second kappa shape index (κ2) is 9.76. The van der Waals surface area contributed by atoms with E-state index < -0.39 is 17.2 Å². The van der Waals surface area contributed by atoms with E-state index in [1.54, 1.807) is 22.8 Å². The minimum Gasteiger partial charge on any atom is -0.341 e. The van der Waals surface area contributed by atoms with Crippen molar-refractivity contribution in [1.29, 1.82) is 0 Å². The lowest BCUT2D eigenvalue weighted by atomic mass is 10.1. The van der Waals surface area contributed by atoms with Gasteiger partial charge < -0.3 is 5.32 Å². The molecule has 0 fully saturated rings. The summed E-state index contributed by atoms with van der Waals surface area (Å²) in [6, 6.07) is 3.40. The van der Waals surface area contributed by atoms with Gasteiger partial charge in [0, 0.05) is 29.4 Å². The smallest absolute Gasteiger partial charge is 0.321 e. The third-order valence-corrected chi connectivity index (χ3v) is 7.36. The minimum absolute atomic E-state index is 0.0910. The number of hydrogen-bond acceptors (Lipinski definition) is 7. The summed E-state index contributed by atoms with van der Waals surface area (Å²) in [6.45, 7) is 6.42. The van der Waals surface area contributed by atoms with Gasteiger partial charge in [-0.25, -0.2) is 9.78 Å². The van der Waals surface area contributed by atoms with Gasteiger partial charge >= 0.3 is 6.03 Å². The van der Waals surface area contributed by atoms with E-state index in [9.17, 15) is 14.4 Å². The molecule has 1 atom stereocenters. The maximum absolute atomic E-state index is 13.5. The summed E-state index contributed by atoms with van der Waals surface area (Å²) < 4.78 is 1.67. The van der Waals surface area contributed by atoms with Crippen molar-refractivity contribution >= 4 is 56.6 Å². The number of hydrogen-bond donors (Lipinski definition) is 2. The van der Waals surface area contributed by atoms with E-state index in [4.69, 9.17) is 4.98 Å². The van der Waals surface area contributed by atoms with Crippen molar-refractivity contribution in [2.24, 2.45) is 5.92 Å². The average molecular weight is 465 g/mol. The van der Waals surface area contributed by atoms with E-state index in [1.165, 1.54) is 30.1 Å². The number of nitrogens with one attached hydrogen (secondary N) is 2. The van der Waals surface area contributed by atoms with Gasteiger partial charge in [-0.05, 0) is 30.7 Å². The van der Waals surface area contributed by atoms with Gasteiger partial charge in [-0.15, -0.1) is 22.7 Å². The molecular formula is C20H24N4O3S3. The van der Waals surface area contributed by atoms with Crippen LogP contribution in [0, 0.1) is 5.92 Å². The Morgan fingerprint density at radius 2 is 2.03 bits per heavy atom. The summed E-state index contributed by atoms with van der Waals surface area (Å²) >= 11 is 4.20. The number of amides is 3. The van der Waals surface area contributed by atoms with Crippen molar-refractivity contribution in [2.45, 2.75) is 44.1 Å². The summed E-state index contributed by atoms with van der Waals surface area (Å²) in [5.74, 6) is -0.0202. The molecule has 0 spiro atoms. The standard InChI is InChI=1S/C20H24N4O3S3/c1-11(2)7-8-24-18(26)15-13(14-6-5-9-28-14)10-29-17(15)23-20(24)30-12(3)16(25)22-19(27)21-4/h5-6,9-12H,7-8H2,1-4H3,(H2,21,22,25,27)/t12-/m1/s1. The zero-order valence-electron chi connectivity index (χ0n) is 17.2. The van der Waals surface area contributed by atoms with Crippen LogP contribution in [0.1, 0.15) is 27.2 Å². The molecule has 0 unspecified atom stereocenters. The Morgan fingerprint density at radius 3 is 2.67 bits per heavy atom. The Balaban J connectivity index is 2.02. The fourth-order valence-electron chi connectivity index (χ4n) is 2.78. The van der Waals surface area contributed by atoms with E-state index in [2.05, 4.69) is 24.5 Å². The van der Waals surface area contributed by atoms with Crippen LogP contribution in [-0.4, -0.2) is 33.8 Å². The molecule has 3 heterocycles. The van der Waals surface area contributed by atoms with E-state index in [0.717, 1.165) is 16.9 Å². The SMILES string of the molecule is CNC(=O)NC(=O)[C@@H](C)Sc1nc2scc(-c3cccs3)c2c(=O)n1CCC(C)C. The summed E-state index contributed by atoms with van der Waals surface area (Å²) in [7, 11) is 1.45. The summed E-state index contributed by atoms with van der Waals surface area (Å²) in [5, 5.41) is 9.11. The number of carbonyl (C=O) groups is 2. The molecule has 160 valence electrons. The van der Waals surface area contributed by atoms with Crippen molar-refractivity contribution in [3.8, 4) is 10.4 Å². The largest absolute Gasteiger partial charge is 0.341 e. The summed E-state index contributed by atoms with van der Waals surface area (Å²) in [5.41, 5.74) is 0.814. The van der Waals surface area contributed by atoms with E-state index in [0.29, 0.717) is 27.8 Å². The fraction of sp³-hybridized carbons (Fsp3) is 0.400. The van der Waals surface area contributed by atoms with E-state index in [-0.39, 0.29) is 5.56 Å². The Bertz CT molecular complexity index is 1100. The molecule has 3 aromatic heterocycles. The molecule has 0 aliphatic carbocycles. The molecule has 30 heavy (non-hydrogen) atoms. The lowest BCUT2D eigenvalue weighted by Crippen LogP contribution is -2.41. The van der Waals surface area contributed by atoms with Crippen LogP contribution in [0.4, 0.5) is 4.79 Å². The lowest BCUT2D eigenvalue weighted by molar-refractivity contribution is -0.119. The molecule has 0 radical (unpaired) electrons. The highest BCUT2D eigenvalue weighted by Gasteiger charge is 2.23. The van der Waals surface area contributed by atoms with Crippen LogP contribution in [0.3, 0.4) is 0 Å². The second-order valence-electron chi connectivity index (χ2n) is 7.17. The molecule has 3 amide bonds. The first-order valence-corrected chi connectivity index (χ1v) is 12.2. The van der Waals surface area contributed by atoms with Crippen LogP contribution in [0.5, 0.6) is 0 Å². The lowest BCUT2D eigenvalue weighted by Gasteiger charge is -2.16. The highest BCUT2D eigenvalue weighted by molar-refractivity contribution is 8.00. The number of urea groups is 1. The minimum atomic E-state index is -0.589.